The first-order valence-electron chi connectivity index (χ1n) is 4.95. The van der Waals surface area contributed by atoms with Gasteiger partial charge >= 0.3 is 0 Å². The third-order valence-electron chi connectivity index (χ3n) is 1.84. The maximum atomic E-state index is 10.7. The Morgan fingerprint density at radius 3 is 2.56 bits per heavy atom. The quantitative estimate of drug-likeness (QED) is 0.222. The number of carbonyl (C=O) groups is 1. The Balaban J connectivity index is 4.93. The maximum absolute atomic E-state index is 10.7. The number of allylic oxidation sites excluding steroid dienone is 6. The number of carbonyl (C=O) groups excluding carboxylic acids is 1. The molecular formula is C13H18NOP. The van der Waals surface area contributed by atoms with Crippen LogP contribution in [0.1, 0.15) is 6.92 Å². The molecule has 0 aromatic carbocycles. The lowest BCUT2D eigenvalue weighted by Crippen LogP contribution is -2.09. The Kier molecular flexibility index (Phi) is 8.10. The smallest absolute Gasteiger partial charge is 0.150 e. The van der Waals surface area contributed by atoms with E-state index in [0.29, 0.717) is 5.57 Å². The molecule has 3 heteroatoms. The van der Waals surface area contributed by atoms with Crippen molar-refractivity contribution in [3.8, 4) is 0 Å². The average Bonchev–Trinajstić information content (AvgIpc) is 2.31. The highest BCUT2D eigenvalue weighted by Gasteiger charge is 2.00. The summed E-state index contributed by atoms with van der Waals surface area (Å²) in [4.78, 5) is 10.7. The molecular weight excluding hydrogens is 217 g/mol. The molecule has 0 aliphatic rings. The van der Waals surface area contributed by atoms with Crippen LogP contribution in [0, 0.1) is 0 Å². The first-order valence-corrected chi connectivity index (χ1v) is 5.46. The Hall–Kier alpha value is -1.40. The monoisotopic (exact) mass is 235 g/mol. The average molecular weight is 235 g/mol. The summed E-state index contributed by atoms with van der Waals surface area (Å²) in [6.07, 6.45) is 11.6. The van der Waals surface area contributed by atoms with E-state index in [1.54, 1.807) is 12.2 Å². The normalized spacial score (nSPS) is 12.6. The van der Waals surface area contributed by atoms with Crippen LogP contribution >= 0.6 is 9.39 Å². The van der Waals surface area contributed by atoms with Crippen LogP contribution in [0.3, 0.4) is 0 Å². The van der Waals surface area contributed by atoms with E-state index in [-0.39, 0.29) is 0 Å². The summed E-state index contributed by atoms with van der Waals surface area (Å²) in [5.41, 5.74) is 1.43. The predicted octanol–water partition coefficient (Wildman–Crippen LogP) is 3.04. The van der Waals surface area contributed by atoms with Gasteiger partial charge in [-0.25, -0.2) is 0 Å². The van der Waals surface area contributed by atoms with Gasteiger partial charge in [-0.3, -0.25) is 4.79 Å². The zero-order chi connectivity index (χ0) is 12.4. The van der Waals surface area contributed by atoms with Crippen molar-refractivity contribution in [1.82, 2.24) is 4.67 Å². The molecule has 1 atom stereocenters. The molecule has 0 spiro atoms. The molecule has 0 aliphatic heterocycles. The van der Waals surface area contributed by atoms with Crippen molar-refractivity contribution in [1.29, 1.82) is 0 Å². The Morgan fingerprint density at radius 1 is 1.44 bits per heavy atom. The fourth-order valence-corrected chi connectivity index (χ4v) is 1.27. The van der Waals surface area contributed by atoms with E-state index < -0.39 is 0 Å². The summed E-state index contributed by atoms with van der Waals surface area (Å²) in [6.45, 7) is 9.94. The number of nitrogens with zero attached hydrogens (tertiary/aromatic N) is 1. The predicted molar refractivity (Wildman–Crippen MR) is 73.9 cm³/mol. The van der Waals surface area contributed by atoms with Gasteiger partial charge < -0.3 is 4.67 Å². The van der Waals surface area contributed by atoms with E-state index in [2.05, 4.69) is 22.5 Å². The van der Waals surface area contributed by atoms with Gasteiger partial charge in [0.2, 0.25) is 0 Å². The number of hydrogen-bond donors (Lipinski definition) is 0. The van der Waals surface area contributed by atoms with Crippen LogP contribution in [-0.2, 0) is 4.79 Å². The molecule has 0 rings (SSSR count). The van der Waals surface area contributed by atoms with Crippen LogP contribution in [0.4, 0.5) is 0 Å². The minimum absolute atomic E-state index is 0.543. The zero-order valence-electron chi connectivity index (χ0n) is 9.60. The molecule has 0 aromatic rings. The molecule has 1 unspecified atom stereocenters. The minimum Gasteiger partial charge on any atom is -0.352 e. The van der Waals surface area contributed by atoms with Gasteiger partial charge in [0.15, 0.2) is 0 Å². The van der Waals surface area contributed by atoms with Crippen molar-refractivity contribution in [2.75, 3.05) is 6.54 Å². The maximum Gasteiger partial charge on any atom is 0.150 e. The standard InChI is InChI=1S/C13H18NOP/c1-4-7-9-14(16)13(8-5-2)10-12(6-3)11-15/h4-8,10-11H,2-3,9,16H2,1H3/b7-4+,12-10+,13-8+. The van der Waals surface area contributed by atoms with Gasteiger partial charge in [-0.1, -0.05) is 37.5 Å². The summed E-state index contributed by atoms with van der Waals surface area (Å²) < 4.78 is 1.94. The molecule has 0 amide bonds. The number of hydrogen-bond acceptors (Lipinski definition) is 2. The molecule has 0 N–H and O–H groups in total. The Morgan fingerprint density at radius 2 is 2.12 bits per heavy atom. The van der Waals surface area contributed by atoms with E-state index in [1.807, 2.05) is 29.8 Å². The van der Waals surface area contributed by atoms with Crippen molar-refractivity contribution >= 4 is 15.7 Å². The molecule has 0 fully saturated rings. The van der Waals surface area contributed by atoms with Crippen molar-refractivity contribution in [2.45, 2.75) is 6.92 Å². The first kappa shape index (κ1) is 14.6. The lowest BCUT2D eigenvalue weighted by molar-refractivity contribution is -0.104. The van der Waals surface area contributed by atoms with Gasteiger partial charge in [0.1, 0.15) is 6.29 Å². The lowest BCUT2D eigenvalue weighted by atomic mass is 10.2. The molecule has 0 radical (unpaired) electrons. The van der Waals surface area contributed by atoms with E-state index in [1.165, 1.54) is 6.08 Å². The highest BCUT2D eigenvalue weighted by Crippen LogP contribution is 2.14. The molecule has 0 aromatic heterocycles. The Labute approximate surface area is 100.0 Å². The number of rotatable bonds is 7. The topological polar surface area (TPSA) is 20.3 Å². The van der Waals surface area contributed by atoms with Crippen molar-refractivity contribution in [3.63, 3.8) is 0 Å². The van der Waals surface area contributed by atoms with Crippen molar-refractivity contribution in [3.05, 3.63) is 60.9 Å². The molecule has 2 nitrogen and oxygen atoms in total. The third kappa shape index (κ3) is 5.47. The molecule has 16 heavy (non-hydrogen) atoms. The highest BCUT2D eigenvalue weighted by molar-refractivity contribution is 7.13. The summed E-state index contributed by atoms with van der Waals surface area (Å²) >= 11 is 0. The largest absolute Gasteiger partial charge is 0.352 e. The summed E-state index contributed by atoms with van der Waals surface area (Å²) in [7, 11) is 2.60. The molecule has 0 saturated carbocycles. The molecule has 0 aliphatic carbocycles. The zero-order valence-corrected chi connectivity index (χ0v) is 10.8. The van der Waals surface area contributed by atoms with Gasteiger partial charge in [-0.2, -0.15) is 0 Å². The SMILES string of the molecule is C=C/C=C(\C=C(/C=C)C=O)N(P)C/C=C/C. The molecule has 0 bridgehead atoms. The third-order valence-corrected chi connectivity index (χ3v) is 2.35. The number of aldehydes is 1. The van der Waals surface area contributed by atoms with Crippen LogP contribution in [0.15, 0.2) is 60.9 Å². The fraction of sp³-hybridized carbons (Fsp3) is 0.154. The summed E-state index contributed by atoms with van der Waals surface area (Å²) in [6, 6.07) is 0. The molecule has 86 valence electrons. The fourth-order valence-electron chi connectivity index (χ4n) is 0.984. The molecule has 0 saturated heterocycles. The van der Waals surface area contributed by atoms with E-state index in [9.17, 15) is 4.79 Å². The minimum atomic E-state index is 0.543. The second-order valence-electron chi connectivity index (χ2n) is 3.01. The van der Waals surface area contributed by atoms with E-state index >= 15 is 0 Å². The highest BCUT2D eigenvalue weighted by atomic mass is 31.0. The van der Waals surface area contributed by atoms with Gasteiger partial charge in [-0.15, -0.1) is 0 Å². The van der Waals surface area contributed by atoms with Crippen LogP contribution in [-0.4, -0.2) is 17.5 Å². The van der Waals surface area contributed by atoms with Gasteiger partial charge in [0.05, 0.1) is 0 Å². The first-order chi connectivity index (χ1) is 7.69. The van der Waals surface area contributed by atoms with Crippen LogP contribution in [0.25, 0.3) is 0 Å². The van der Waals surface area contributed by atoms with Crippen LogP contribution in [0.2, 0.25) is 0 Å². The van der Waals surface area contributed by atoms with Gasteiger partial charge in [-0.05, 0) is 28.5 Å². The van der Waals surface area contributed by atoms with E-state index in [0.717, 1.165) is 18.5 Å². The van der Waals surface area contributed by atoms with Crippen molar-refractivity contribution < 1.29 is 4.79 Å². The van der Waals surface area contributed by atoms with E-state index in [4.69, 9.17) is 0 Å². The second-order valence-corrected chi connectivity index (χ2v) is 3.64. The second kappa shape index (κ2) is 8.87. The Bertz CT molecular complexity index is 330. The lowest BCUT2D eigenvalue weighted by Gasteiger charge is -2.18. The van der Waals surface area contributed by atoms with Crippen LogP contribution < -0.4 is 0 Å². The molecule has 0 heterocycles. The summed E-state index contributed by atoms with van der Waals surface area (Å²) in [5.74, 6) is 0. The van der Waals surface area contributed by atoms with Gasteiger partial charge in [0, 0.05) is 17.8 Å². The van der Waals surface area contributed by atoms with Gasteiger partial charge in [0.25, 0.3) is 0 Å². The van der Waals surface area contributed by atoms with Crippen LogP contribution in [0.5, 0.6) is 0 Å². The van der Waals surface area contributed by atoms with Crippen molar-refractivity contribution in [2.24, 2.45) is 0 Å². The summed E-state index contributed by atoms with van der Waals surface area (Å²) in [5, 5.41) is 0.